The molecular weight excluding hydrogens is 396 g/mol. The van der Waals surface area contributed by atoms with Crippen molar-refractivity contribution in [3.63, 3.8) is 0 Å². The van der Waals surface area contributed by atoms with Gasteiger partial charge in [-0.05, 0) is 74.2 Å². The Hall–Kier alpha value is -3.35. The van der Waals surface area contributed by atoms with E-state index in [1.807, 2.05) is 0 Å². The lowest BCUT2D eigenvalue weighted by molar-refractivity contribution is -0.117. The molecule has 31 heavy (non-hydrogen) atoms. The van der Waals surface area contributed by atoms with E-state index in [2.05, 4.69) is 10.6 Å². The molecule has 164 valence electrons. The normalized spacial score (nSPS) is 13.8. The maximum absolute atomic E-state index is 12.4. The zero-order chi connectivity index (χ0) is 22.1. The predicted molar refractivity (Wildman–Crippen MR) is 118 cm³/mol. The minimum atomic E-state index is -0.786. The van der Waals surface area contributed by atoms with Gasteiger partial charge >= 0.3 is 6.16 Å². The van der Waals surface area contributed by atoms with Crippen molar-refractivity contribution in [3.8, 4) is 5.75 Å². The van der Waals surface area contributed by atoms with Gasteiger partial charge in [-0.25, -0.2) is 4.79 Å². The van der Waals surface area contributed by atoms with Crippen molar-refractivity contribution in [3.05, 3.63) is 54.1 Å². The number of carbonyl (C=O) groups is 3. The molecule has 0 bridgehead atoms. The fourth-order valence-corrected chi connectivity index (χ4v) is 3.62. The van der Waals surface area contributed by atoms with Crippen LogP contribution in [-0.4, -0.2) is 24.6 Å². The molecule has 0 heterocycles. The Kier molecular flexibility index (Phi) is 8.04. The van der Waals surface area contributed by atoms with Gasteiger partial charge in [0.1, 0.15) is 5.75 Å². The van der Waals surface area contributed by atoms with Crippen LogP contribution in [0.15, 0.2) is 48.5 Å². The molecule has 0 aliphatic heterocycles. The summed E-state index contributed by atoms with van der Waals surface area (Å²) in [7, 11) is 0. The fraction of sp³-hybridized carbons (Fsp3) is 0.375. The molecule has 7 heteroatoms. The van der Waals surface area contributed by atoms with E-state index >= 15 is 0 Å². The highest BCUT2D eigenvalue weighted by atomic mass is 16.7. The van der Waals surface area contributed by atoms with Crippen LogP contribution in [0.3, 0.4) is 0 Å². The molecule has 0 unspecified atom stereocenters. The van der Waals surface area contributed by atoms with Crippen LogP contribution < -0.4 is 15.4 Å². The Morgan fingerprint density at radius 3 is 2.10 bits per heavy atom. The highest BCUT2D eigenvalue weighted by Gasteiger charge is 2.17. The van der Waals surface area contributed by atoms with E-state index in [0.717, 1.165) is 12.8 Å². The van der Waals surface area contributed by atoms with E-state index in [9.17, 15) is 14.4 Å². The van der Waals surface area contributed by atoms with Crippen LogP contribution in [0.25, 0.3) is 0 Å². The Labute approximate surface area is 182 Å². The van der Waals surface area contributed by atoms with Crippen LogP contribution in [0.2, 0.25) is 0 Å². The maximum atomic E-state index is 12.4. The minimum Gasteiger partial charge on any atom is -0.434 e. The molecule has 2 N–H and O–H groups in total. The summed E-state index contributed by atoms with van der Waals surface area (Å²) in [6.45, 7) is 1.91. The van der Waals surface area contributed by atoms with Crippen molar-refractivity contribution in [2.75, 3.05) is 17.2 Å². The first-order valence-electron chi connectivity index (χ1n) is 10.7. The quantitative estimate of drug-likeness (QED) is 0.459. The minimum absolute atomic E-state index is 0.0359. The SMILES string of the molecule is CCOC(=O)Oc1ccc(C(=O)Nc2ccc(NC(=O)CC3CCCCC3)cc2)cc1. The van der Waals surface area contributed by atoms with Crippen LogP contribution in [-0.2, 0) is 9.53 Å². The topological polar surface area (TPSA) is 93.7 Å². The van der Waals surface area contributed by atoms with Gasteiger partial charge in [0.15, 0.2) is 0 Å². The second-order valence-corrected chi connectivity index (χ2v) is 7.60. The lowest BCUT2D eigenvalue weighted by Crippen LogP contribution is -2.18. The van der Waals surface area contributed by atoms with Gasteiger partial charge in [0.2, 0.25) is 5.91 Å². The van der Waals surface area contributed by atoms with Gasteiger partial charge in [-0.1, -0.05) is 19.3 Å². The lowest BCUT2D eigenvalue weighted by Gasteiger charge is -2.20. The number of ether oxygens (including phenoxy) is 2. The summed E-state index contributed by atoms with van der Waals surface area (Å²) < 4.78 is 9.68. The second kappa shape index (κ2) is 11.2. The molecule has 0 radical (unpaired) electrons. The number of carbonyl (C=O) groups excluding carboxylic acids is 3. The molecule has 1 aliphatic rings. The number of amides is 2. The van der Waals surface area contributed by atoms with Crippen LogP contribution in [0.4, 0.5) is 16.2 Å². The second-order valence-electron chi connectivity index (χ2n) is 7.60. The molecule has 1 saturated carbocycles. The van der Waals surface area contributed by atoms with E-state index in [1.165, 1.54) is 31.4 Å². The van der Waals surface area contributed by atoms with Crippen molar-refractivity contribution in [2.24, 2.45) is 5.92 Å². The first-order chi connectivity index (χ1) is 15.0. The van der Waals surface area contributed by atoms with E-state index in [-0.39, 0.29) is 18.4 Å². The molecule has 0 atom stereocenters. The molecule has 2 aromatic rings. The number of hydrogen-bond acceptors (Lipinski definition) is 5. The molecule has 1 aliphatic carbocycles. The summed E-state index contributed by atoms with van der Waals surface area (Å²) in [5.41, 5.74) is 1.74. The number of rotatable bonds is 7. The van der Waals surface area contributed by atoms with Gasteiger partial charge in [-0.15, -0.1) is 0 Å². The lowest BCUT2D eigenvalue weighted by atomic mass is 9.87. The fourth-order valence-electron chi connectivity index (χ4n) is 3.62. The van der Waals surface area contributed by atoms with Crippen molar-refractivity contribution >= 4 is 29.3 Å². The average Bonchev–Trinajstić information content (AvgIpc) is 2.76. The van der Waals surface area contributed by atoms with Gasteiger partial charge < -0.3 is 20.1 Å². The van der Waals surface area contributed by atoms with Crippen molar-refractivity contribution in [1.82, 2.24) is 0 Å². The highest BCUT2D eigenvalue weighted by molar-refractivity contribution is 6.04. The standard InChI is InChI=1S/C24H28N2O5/c1-2-30-24(29)31-21-14-8-18(9-15-21)23(28)26-20-12-10-19(11-13-20)25-22(27)16-17-6-4-3-5-7-17/h8-15,17H,2-7,16H2,1H3,(H,25,27)(H,26,28). The predicted octanol–water partition coefficient (Wildman–Crippen LogP) is 5.38. The van der Waals surface area contributed by atoms with Gasteiger partial charge in [0.05, 0.1) is 6.61 Å². The van der Waals surface area contributed by atoms with Gasteiger partial charge in [-0.3, -0.25) is 9.59 Å². The summed E-state index contributed by atoms with van der Waals surface area (Å²) in [5, 5.41) is 5.73. The van der Waals surface area contributed by atoms with E-state index < -0.39 is 6.16 Å². The molecule has 0 saturated heterocycles. The summed E-state index contributed by atoms with van der Waals surface area (Å²) in [4.78, 5) is 36.0. The summed E-state index contributed by atoms with van der Waals surface area (Å²) in [6.07, 6.45) is 5.75. The smallest absolute Gasteiger partial charge is 0.434 e. The van der Waals surface area contributed by atoms with Gasteiger partial charge in [-0.2, -0.15) is 0 Å². The summed E-state index contributed by atoms with van der Waals surface area (Å²) in [6, 6.07) is 13.2. The molecule has 3 rings (SSSR count). The molecule has 0 spiro atoms. The third-order valence-electron chi connectivity index (χ3n) is 5.21. The molecular formula is C24H28N2O5. The molecule has 0 aromatic heterocycles. The van der Waals surface area contributed by atoms with E-state index in [0.29, 0.717) is 35.0 Å². The van der Waals surface area contributed by atoms with Crippen LogP contribution in [0, 0.1) is 5.92 Å². The molecule has 2 amide bonds. The number of benzene rings is 2. The van der Waals surface area contributed by atoms with E-state index in [1.54, 1.807) is 43.3 Å². The third-order valence-corrected chi connectivity index (χ3v) is 5.21. The van der Waals surface area contributed by atoms with Gasteiger partial charge in [0.25, 0.3) is 5.91 Å². The van der Waals surface area contributed by atoms with Gasteiger partial charge in [0, 0.05) is 23.4 Å². The largest absolute Gasteiger partial charge is 0.513 e. The highest BCUT2D eigenvalue weighted by Crippen LogP contribution is 2.26. The van der Waals surface area contributed by atoms with Crippen LogP contribution >= 0.6 is 0 Å². The van der Waals surface area contributed by atoms with Crippen LogP contribution in [0.1, 0.15) is 55.8 Å². The summed E-state index contributed by atoms with van der Waals surface area (Å²) >= 11 is 0. The van der Waals surface area contributed by atoms with Crippen LogP contribution in [0.5, 0.6) is 5.75 Å². The molecule has 2 aromatic carbocycles. The zero-order valence-electron chi connectivity index (χ0n) is 17.7. The Morgan fingerprint density at radius 1 is 0.871 bits per heavy atom. The Morgan fingerprint density at radius 2 is 1.48 bits per heavy atom. The molecule has 7 nitrogen and oxygen atoms in total. The van der Waals surface area contributed by atoms with E-state index in [4.69, 9.17) is 9.47 Å². The van der Waals surface area contributed by atoms with Crippen molar-refractivity contribution in [2.45, 2.75) is 45.4 Å². The number of anilines is 2. The molecule has 1 fully saturated rings. The zero-order valence-corrected chi connectivity index (χ0v) is 17.7. The average molecular weight is 424 g/mol. The summed E-state index contributed by atoms with van der Waals surface area (Å²) in [5.74, 6) is 0.523. The Balaban J connectivity index is 1.49. The first kappa shape index (κ1) is 22.3. The number of hydrogen-bond donors (Lipinski definition) is 2. The van der Waals surface area contributed by atoms with Crippen molar-refractivity contribution in [1.29, 1.82) is 0 Å². The third kappa shape index (κ3) is 7.13. The first-order valence-corrected chi connectivity index (χ1v) is 10.7. The Bertz CT molecular complexity index is 887. The van der Waals surface area contributed by atoms with Crippen molar-refractivity contribution < 1.29 is 23.9 Å². The monoisotopic (exact) mass is 424 g/mol. The number of nitrogens with one attached hydrogen (secondary N) is 2. The maximum Gasteiger partial charge on any atom is 0.513 e.